The molecule has 5 nitrogen and oxygen atoms in total. The monoisotopic (exact) mass is 242 g/mol. The van der Waals surface area contributed by atoms with Crippen LogP contribution in [-0.4, -0.2) is 15.8 Å². The molecule has 0 aliphatic carbocycles. The fourth-order valence-electron chi connectivity index (χ4n) is 1.44. The minimum absolute atomic E-state index is 0.110. The first-order chi connectivity index (χ1) is 8.56. The molecule has 1 aromatic heterocycles. The zero-order valence-corrected chi connectivity index (χ0v) is 10.3. The lowest BCUT2D eigenvalue weighted by molar-refractivity contribution is 0.456. The van der Waals surface area contributed by atoms with Crippen molar-refractivity contribution in [3.63, 3.8) is 0 Å². The van der Waals surface area contributed by atoms with Crippen LogP contribution in [0, 0.1) is 19.3 Å². The number of nitrogens with two attached hydrogens (primary N) is 1. The zero-order chi connectivity index (χ0) is 13.1. The third-order valence-corrected chi connectivity index (χ3v) is 2.46. The summed E-state index contributed by atoms with van der Waals surface area (Å²) in [7, 11) is 0. The van der Waals surface area contributed by atoms with E-state index in [1.807, 2.05) is 32.0 Å². The Kier molecular flexibility index (Phi) is 3.23. The van der Waals surface area contributed by atoms with Gasteiger partial charge in [-0.15, -0.1) is 0 Å². The van der Waals surface area contributed by atoms with Gasteiger partial charge < -0.3 is 10.5 Å². The van der Waals surface area contributed by atoms with Gasteiger partial charge in [0.2, 0.25) is 5.88 Å². The lowest BCUT2D eigenvalue weighted by Gasteiger charge is -2.08. The molecule has 0 saturated carbocycles. The van der Waals surface area contributed by atoms with Gasteiger partial charge in [0.25, 0.3) is 0 Å². The maximum absolute atomic E-state index is 7.22. The highest BCUT2D eigenvalue weighted by Gasteiger charge is 2.04. The number of hydrogen-bond acceptors (Lipinski definition) is 4. The zero-order valence-electron chi connectivity index (χ0n) is 10.3. The Morgan fingerprint density at radius 1 is 1.22 bits per heavy atom. The van der Waals surface area contributed by atoms with E-state index in [0.29, 0.717) is 11.6 Å². The number of nitrogen functional groups attached to an aromatic ring is 1. The fraction of sp³-hybridized carbons (Fsp3) is 0.154. The summed E-state index contributed by atoms with van der Waals surface area (Å²) in [5, 5.41) is 7.22. The van der Waals surface area contributed by atoms with Crippen molar-refractivity contribution in [2.45, 2.75) is 13.8 Å². The van der Waals surface area contributed by atoms with Crippen LogP contribution >= 0.6 is 0 Å². The van der Waals surface area contributed by atoms with E-state index in [1.54, 1.807) is 0 Å². The number of nitrogens with one attached hydrogen (secondary N) is 1. The number of aryl methyl sites for hydroxylation is 2. The third-order valence-electron chi connectivity index (χ3n) is 2.46. The first-order valence-corrected chi connectivity index (χ1v) is 5.48. The lowest BCUT2D eigenvalue weighted by Crippen LogP contribution is -2.13. The van der Waals surface area contributed by atoms with E-state index in [2.05, 4.69) is 9.97 Å². The molecular formula is C13H14N4O. The second kappa shape index (κ2) is 4.83. The number of hydrogen-bond donors (Lipinski definition) is 2. The molecule has 0 unspecified atom stereocenters. The van der Waals surface area contributed by atoms with Gasteiger partial charge in [-0.3, -0.25) is 5.41 Å². The second-order valence-corrected chi connectivity index (χ2v) is 4.02. The largest absolute Gasteiger partial charge is 0.437 e. The van der Waals surface area contributed by atoms with Gasteiger partial charge in [0.1, 0.15) is 17.3 Å². The minimum Gasteiger partial charge on any atom is -0.437 e. The van der Waals surface area contributed by atoms with E-state index in [9.17, 15) is 0 Å². The molecule has 1 heterocycles. The van der Waals surface area contributed by atoms with Gasteiger partial charge >= 0.3 is 0 Å². The summed E-state index contributed by atoms with van der Waals surface area (Å²) in [6, 6.07) is 5.95. The third kappa shape index (κ3) is 2.63. The van der Waals surface area contributed by atoms with Crippen LogP contribution in [0.2, 0.25) is 0 Å². The number of ether oxygens (including phenoxy) is 1. The predicted molar refractivity (Wildman–Crippen MR) is 69.0 cm³/mol. The first-order valence-electron chi connectivity index (χ1n) is 5.48. The topological polar surface area (TPSA) is 84.9 Å². The maximum atomic E-state index is 7.22. The van der Waals surface area contributed by atoms with E-state index < -0.39 is 0 Å². The summed E-state index contributed by atoms with van der Waals surface area (Å²) >= 11 is 0. The van der Waals surface area contributed by atoms with Gasteiger partial charge in [0.05, 0.1) is 12.4 Å². The van der Waals surface area contributed by atoms with Crippen LogP contribution < -0.4 is 10.5 Å². The molecule has 0 aliphatic heterocycles. The number of rotatable bonds is 3. The van der Waals surface area contributed by atoms with Crippen LogP contribution in [-0.2, 0) is 0 Å². The smallest absolute Gasteiger partial charge is 0.237 e. The average Bonchev–Trinajstić information content (AvgIpc) is 2.34. The molecule has 0 amide bonds. The maximum Gasteiger partial charge on any atom is 0.237 e. The Morgan fingerprint density at radius 3 is 2.61 bits per heavy atom. The van der Waals surface area contributed by atoms with Crippen LogP contribution in [0.4, 0.5) is 0 Å². The number of aromatic nitrogens is 2. The van der Waals surface area contributed by atoms with Crippen molar-refractivity contribution >= 4 is 5.84 Å². The van der Waals surface area contributed by atoms with Crippen molar-refractivity contribution in [3.8, 4) is 11.6 Å². The molecule has 0 atom stereocenters. The molecule has 0 saturated heterocycles. The van der Waals surface area contributed by atoms with Gasteiger partial charge in [-0.25, -0.2) is 9.97 Å². The van der Waals surface area contributed by atoms with Crippen molar-refractivity contribution in [1.29, 1.82) is 5.41 Å². The van der Waals surface area contributed by atoms with Crippen molar-refractivity contribution in [3.05, 3.63) is 47.4 Å². The molecule has 18 heavy (non-hydrogen) atoms. The summed E-state index contributed by atoms with van der Waals surface area (Å²) in [6.45, 7) is 3.96. The summed E-state index contributed by atoms with van der Waals surface area (Å²) in [5.41, 5.74) is 7.78. The van der Waals surface area contributed by atoms with E-state index in [1.165, 1.54) is 12.4 Å². The summed E-state index contributed by atoms with van der Waals surface area (Å²) < 4.78 is 5.64. The first kappa shape index (κ1) is 12.0. The van der Waals surface area contributed by atoms with E-state index in [4.69, 9.17) is 15.9 Å². The Hall–Kier alpha value is -2.43. The Labute approximate surface area is 105 Å². The van der Waals surface area contributed by atoms with Gasteiger partial charge in [-0.2, -0.15) is 0 Å². The quantitative estimate of drug-likeness (QED) is 0.638. The molecule has 1 aromatic carbocycles. The molecule has 2 rings (SSSR count). The molecule has 0 bridgehead atoms. The van der Waals surface area contributed by atoms with Gasteiger partial charge in [0, 0.05) is 0 Å². The highest BCUT2D eigenvalue weighted by molar-refractivity contribution is 5.92. The van der Waals surface area contributed by atoms with Crippen molar-refractivity contribution in [2.75, 3.05) is 0 Å². The highest BCUT2D eigenvalue weighted by atomic mass is 16.5. The molecule has 0 fully saturated rings. The number of nitrogens with zero attached hydrogens (tertiary/aromatic N) is 2. The lowest BCUT2D eigenvalue weighted by atomic mass is 10.1. The standard InChI is InChI=1S/C13H14N4O/c1-8-3-4-9(2)11(5-8)18-12-7-16-10(6-17-12)13(14)15/h3-7H,1-2H3,(H3,14,15). The van der Waals surface area contributed by atoms with Gasteiger partial charge in [-0.1, -0.05) is 12.1 Å². The summed E-state index contributed by atoms with van der Waals surface area (Å²) in [6.07, 6.45) is 2.88. The molecule has 0 aliphatic rings. The second-order valence-electron chi connectivity index (χ2n) is 4.02. The SMILES string of the molecule is Cc1ccc(C)c(Oc2cnc(C(=N)N)cn2)c1. The van der Waals surface area contributed by atoms with Gasteiger partial charge in [-0.05, 0) is 31.0 Å². The van der Waals surface area contributed by atoms with E-state index in [-0.39, 0.29) is 5.84 Å². The number of amidine groups is 1. The molecule has 2 aromatic rings. The normalized spacial score (nSPS) is 10.1. The fourth-order valence-corrected chi connectivity index (χ4v) is 1.44. The Balaban J connectivity index is 2.23. The van der Waals surface area contributed by atoms with Crippen molar-refractivity contribution in [2.24, 2.45) is 5.73 Å². The molecular weight excluding hydrogens is 228 g/mol. The van der Waals surface area contributed by atoms with Crippen molar-refractivity contribution in [1.82, 2.24) is 9.97 Å². The van der Waals surface area contributed by atoms with Crippen molar-refractivity contribution < 1.29 is 4.74 Å². The van der Waals surface area contributed by atoms with Gasteiger partial charge in [0.15, 0.2) is 0 Å². The van der Waals surface area contributed by atoms with Crippen LogP contribution in [0.15, 0.2) is 30.6 Å². The highest BCUT2D eigenvalue weighted by Crippen LogP contribution is 2.24. The predicted octanol–water partition coefficient (Wildman–Crippen LogP) is 2.17. The van der Waals surface area contributed by atoms with E-state index in [0.717, 1.165) is 16.9 Å². The van der Waals surface area contributed by atoms with Crippen LogP contribution in [0.3, 0.4) is 0 Å². The number of benzene rings is 1. The molecule has 0 spiro atoms. The molecule has 5 heteroatoms. The minimum atomic E-state index is -0.110. The average molecular weight is 242 g/mol. The van der Waals surface area contributed by atoms with E-state index >= 15 is 0 Å². The summed E-state index contributed by atoms with van der Waals surface area (Å²) in [5.74, 6) is 1.02. The Bertz CT molecular complexity index is 578. The molecule has 3 N–H and O–H groups in total. The molecule has 0 radical (unpaired) electrons. The molecule has 92 valence electrons. The van der Waals surface area contributed by atoms with Crippen LogP contribution in [0.1, 0.15) is 16.8 Å². The van der Waals surface area contributed by atoms with Crippen LogP contribution in [0.25, 0.3) is 0 Å². The summed E-state index contributed by atoms with van der Waals surface area (Å²) in [4.78, 5) is 8.05. The van der Waals surface area contributed by atoms with Crippen LogP contribution in [0.5, 0.6) is 11.6 Å². The Morgan fingerprint density at radius 2 is 2.00 bits per heavy atom.